The number of hydrogen-bond donors (Lipinski definition) is 1. The van der Waals surface area contributed by atoms with Gasteiger partial charge in [-0.05, 0) is 45.9 Å². The van der Waals surface area contributed by atoms with Crippen molar-refractivity contribution in [2.45, 2.75) is 47.6 Å². The van der Waals surface area contributed by atoms with Crippen LogP contribution in [0, 0.1) is 3.57 Å². The van der Waals surface area contributed by atoms with E-state index in [1.165, 1.54) is 41.3 Å². The lowest BCUT2D eigenvalue weighted by Gasteiger charge is -2.49. The fourth-order valence-electron chi connectivity index (χ4n) is 7.63. The molecule has 2 aromatic heterocycles. The van der Waals surface area contributed by atoms with Crippen LogP contribution >= 0.6 is 61.7 Å². The van der Waals surface area contributed by atoms with Crippen molar-refractivity contribution in [2.24, 2.45) is 7.05 Å². The SMILES string of the molecule is COc1cc2nc(CCn3c(=O)n4n(c3=O)[C@@H]3C[C@@]5(Cl)C(=O)N(CBr)C(=O)[C@@]5(Cl)[C@@H](c5cc(I)c(O)c(OC)c5)C3=CC4)c(=O)n(C)c2cc1OC. The number of fused-ring (bicyclic) bond motifs is 5. The lowest BCUT2D eigenvalue weighted by Crippen LogP contribution is -2.59. The average Bonchev–Trinajstić information content (AvgIpc) is 3.46. The summed E-state index contributed by atoms with van der Waals surface area (Å²) in [5.41, 5.74) is 0.00126. The number of imide groups is 1. The highest BCUT2D eigenvalue weighted by Gasteiger charge is 2.75. The summed E-state index contributed by atoms with van der Waals surface area (Å²) in [4.78, 5) is 70.8. The number of alkyl halides is 3. The molecular weight excluding hydrogens is 902 g/mol. The average molecular weight is 932 g/mol. The van der Waals surface area contributed by atoms with Crippen LogP contribution in [0.4, 0.5) is 0 Å². The number of aryl methyl sites for hydroxylation is 2. The second-order valence-electron chi connectivity index (χ2n) is 12.6. The molecule has 0 bridgehead atoms. The maximum Gasteiger partial charge on any atom is 0.347 e. The zero-order chi connectivity index (χ0) is 37.6. The van der Waals surface area contributed by atoms with Gasteiger partial charge in [-0.3, -0.25) is 19.3 Å². The topological polar surface area (TPSA) is 169 Å². The molecule has 4 atom stereocenters. The van der Waals surface area contributed by atoms with Crippen molar-refractivity contribution in [3.8, 4) is 23.0 Å². The number of benzene rings is 2. The van der Waals surface area contributed by atoms with Crippen molar-refractivity contribution >= 4 is 84.6 Å². The maximum atomic E-state index is 14.3. The Hall–Kier alpha value is -3.81. The van der Waals surface area contributed by atoms with Gasteiger partial charge in [-0.15, -0.1) is 23.2 Å². The number of phenolic OH excluding ortho intramolecular Hbond substituents is 1. The summed E-state index contributed by atoms with van der Waals surface area (Å²) in [7, 11) is 5.92. The fourth-order valence-corrected chi connectivity index (χ4v) is 9.66. The molecule has 52 heavy (non-hydrogen) atoms. The number of aromatic hydroxyl groups is 1. The smallest absolute Gasteiger partial charge is 0.347 e. The molecule has 7 rings (SSSR count). The predicted molar refractivity (Wildman–Crippen MR) is 201 cm³/mol. The highest BCUT2D eigenvalue weighted by atomic mass is 127. The molecule has 0 radical (unpaired) electrons. The third-order valence-electron chi connectivity index (χ3n) is 10.2. The second kappa shape index (κ2) is 12.9. The van der Waals surface area contributed by atoms with Crippen LogP contribution in [0.2, 0.25) is 0 Å². The summed E-state index contributed by atoms with van der Waals surface area (Å²) in [6, 6.07) is 5.42. The predicted octanol–water partition coefficient (Wildman–Crippen LogP) is 2.98. The van der Waals surface area contributed by atoms with Gasteiger partial charge >= 0.3 is 11.4 Å². The van der Waals surface area contributed by atoms with Crippen molar-refractivity contribution < 1.29 is 28.9 Å². The number of allylic oxidation sites excluding steroid dienone is 2. The first-order valence-corrected chi connectivity index (χ1v) is 18.7. The van der Waals surface area contributed by atoms with Crippen LogP contribution in [-0.2, 0) is 36.1 Å². The molecule has 3 aliphatic rings. The molecule has 15 nitrogen and oxygen atoms in total. The Morgan fingerprint density at radius 2 is 1.65 bits per heavy atom. The Kier molecular flexibility index (Phi) is 9.10. The molecule has 0 spiro atoms. The first-order chi connectivity index (χ1) is 24.7. The summed E-state index contributed by atoms with van der Waals surface area (Å²) < 4.78 is 21.4. The summed E-state index contributed by atoms with van der Waals surface area (Å²) in [5, 5.41) is 10.6. The van der Waals surface area contributed by atoms with Gasteiger partial charge in [0.25, 0.3) is 17.4 Å². The lowest BCUT2D eigenvalue weighted by molar-refractivity contribution is -0.138. The van der Waals surface area contributed by atoms with E-state index in [9.17, 15) is 29.1 Å². The van der Waals surface area contributed by atoms with E-state index in [0.717, 1.165) is 9.47 Å². The zero-order valence-corrected chi connectivity index (χ0v) is 33.2. The van der Waals surface area contributed by atoms with E-state index in [2.05, 4.69) is 20.9 Å². The number of phenols is 1. The molecule has 1 aliphatic carbocycles. The summed E-state index contributed by atoms with van der Waals surface area (Å²) in [6.45, 7) is -0.259. The van der Waals surface area contributed by atoms with Gasteiger partial charge in [0.15, 0.2) is 32.7 Å². The molecule has 1 N–H and O–H groups in total. The minimum Gasteiger partial charge on any atom is -0.504 e. The Balaban J connectivity index is 1.33. The van der Waals surface area contributed by atoms with Gasteiger partial charge in [-0.25, -0.2) is 28.5 Å². The summed E-state index contributed by atoms with van der Waals surface area (Å²) in [6.07, 6.45) is 1.36. The van der Waals surface area contributed by atoms with Gasteiger partial charge in [-0.2, -0.15) is 0 Å². The number of amides is 2. The Bertz CT molecular complexity index is 2440. The van der Waals surface area contributed by atoms with Gasteiger partial charge in [-0.1, -0.05) is 22.0 Å². The number of carbonyl (C=O) groups is 2. The highest BCUT2D eigenvalue weighted by Crippen LogP contribution is 2.64. The van der Waals surface area contributed by atoms with E-state index < -0.39 is 50.5 Å². The van der Waals surface area contributed by atoms with E-state index >= 15 is 0 Å². The highest BCUT2D eigenvalue weighted by molar-refractivity contribution is 14.1. The van der Waals surface area contributed by atoms with Gasteiger partial charge < -0.3 is 23.9 Å². The number of ether oxygens (including phenoxy) is 3. The monoisotopic (exact) mass is 930 g/mol. The van der Waals surface area contributed by atoms with Crippen molar-refractivity contribution in [1.29, 1.82) is 0 Å². The van der Waals surface area contributed by atoms with Gasteiger partial charge in [0.05, 0.1) is 54.0 Å². The van der Waals surface area contributed by atoms with Crippen LogP contribution in [-0.4, -0.2) is 81.8 Å². The molecule has 2 aromatic carbocycles. The van der Waals surface area contributed by atoms with Crippen LogP contribution in [0.25, 0.3) is 11.0 Å². The largest absolute Gasteiger partial charge is 0.504 e. The Morgan fingerprint density at radius 3 is 2.31 bits per heavy atom. The number of halogens is 4. The third kappa shape index (κ3) is 4.94. The molecule has 2 aliphatic heterocycles. The molecule has 1 saturated heterocycles. The van der Waals surface area contributed by atoms with E-state index in [1.54, 1.807) is 31.3 Å². The molecular formula is C33H30BrCl2IN6O9. The van der Waals surface area contributed by atoms with Crippen LogP contribution in [0.5, 0.6) is 23.0 Å². The summed E-state index contributed by atoms with van der Waals surface area (Å²) in [5.74, 6) is -1.78. The molecule has 2 amide bonds. The van der Waals surface area contributed by atoms with Crippen molar-refractivity contribution in [2.75, 3.05) is 26.8 Å². The first-order valence-electron chi connectivity index (χ1n) is 15.8. The quantitative estimate of drug-likeness (QED) is 0.0913. The minimum atomic E-state index is -2.05. The van der Waals surface area contributed by atoms with E-state index in [0.29, 0.717) is 37.2 Å². The van der Waals surface area contributed by atoms with Crippen LogP contribution in [0.15, 0.2) is 50.3 Å². The Morgan fingerprint density at radius 1 is 0.981 bits per heavy atom. The van der Waals surface area contributed by atoms with E-state index in [-0.39, 0.29) is 48.6 Å². The number of hydrogen-bond acceptors (Lipinski definition) is 10. The molecule has 19 heteroatoms. The van der Waals surface area contributed by atoms with Gasteiger partial charge in [0, 0.05) is 44.5 Å². The van der Waals surface area contributed by atoms with Crippen molar-refractivity contribution in [1.82, 2.24) is 28.4 Å². The lowest BCUT2D eigenvalue weighted by atomic mass is 9.64. The molecule has 1 saturated carbocycles. The van der Waals surface area contributed by atoms with E-state index in [4.69, 9.17) is 37.4 Å². The number of aromatic nitrogens is 5. The number of methoxy groups -OCH3 is 3. The Labute approximate surface area is 326 Å². The van der Waals surface area contributed by atoms with Crippen LogP contribution in [0.1, 0.15) is 29.6 Å². The van der Waals surface area contributed by atoms with Crippen LogP contribution < -0.4 is 31.1 Å². The van der Waals surface area contributed by atoms with Crippen molar-refractivity contribution in [3.05, 3.63) is 82.1 Å². The van der Waals surface area contributed by atoms with Crippen molar-refractivity contribution in [3.63, 3.8) is 0 Å². The number of likely N-dealkylation sites (tertiary alicyclic amines) is 1. The number of rotatable bonds is 8. The first kappa shape index (κ1) is 36.5. The molecule has 4 aromatic rings. The third-order valence-corrected chi connectivity index (χ3v) is 12.9. The van der Waals surface area contributed by atoms with Gasteiger partial charge in [0.2, 0.25) is 0 Å². The fraction of sp³-hybridized carbons (Fsp3) is 0.394. The molecule has 2 fully saturated rings. The molecule has 0 unspecified atom stereocenters. The number of carbonyl (C=O) groups excluding carboxylic acids is 2. The zero-order valence-electron chi connectivity index (χ0n) is 28.0. The van der Waals surface area contributed by atoms with E-state index in [1.807, 2.05) is 22.6 Å². The van der Waals surface area contributed by atoms with Crippen LogP contribution in [0.3, 0.4) is 0 Å². The summed E-state index contributed by atoms with van der Waals surface area (Å²) >= 11 is 19.7. The minimum absolute atomic E-state index is 0.0626. The normalized spacial score (nSPS) is 23.7. The number of nitrogens with zero attached hydrogens (tertiary/aromatic N) is 6. The maximum absolute atomic E-state index is 14.3. The standard InChI is InChI=1S/C33H30BrCl2IN6O9/c1-39-20-12-23(51-3)22(50-2)11-19(20)38-18(27(39)45)6-7-40-30(48)42-8-5-16-21(43(42)31(40)49)13-32(35)28(46)41(14-34)29(47)33(32,36)25(16)15-9-17(37)26(44)24(10-15)52-4/h5,9-12,21,25,44H,6-8,13-14H2,1-4H3/t21-,25+,32-,33+/m1/s1. The van der Waals surface area contributed by atoms with Gasteiger partial charge in [0.1, 0.15) is 5.69 Å². The molecule has 4 heterocycles. The molecule has 274 valence electrons. The second-order valence-corrected chi connectivity index (χ2v) is 15.5.